The van der Waals surface area contributed by atoms with Crippen LogP contribution >= 0.6 is 0 Å². The summed E-state index contributed by atoms with van der Waals surface area (Å²) >= 11 is 0. The highest BCUT2D eigenvalue weighted by molar-refractivity contribution is 5.33. The number of benzene rings is 1. The van der Waals surface area contributed by atoms with E-state index in [0.717, 1.165) is 29.9 Å². The molecule has 1 fully saturated rings. The van der Waals surface area contributed by atoms with Crippen molar-refractivity contribution in [2.75, 3.05) is 6.54 Å². The van der Waals surface area contributed by atoms with Crippen molar-refractivity contribution >= 4 is 0 Å². The van der Waals surface area contributed by atoms with Gasteiger partial charge in [0.05, 0.1) is 5.69 Å². The lowest BCUT2D eigenvalue weighted by atomic mass is 9.88. The van der Waals surface area contributed by atoms with Crippen molar-refractivity contribution < 1.29 is 9.50 Å². The van der Waals surface area contributed by atoms with E-state index in [9.17, 15) is 14.3 Å². The Kier molecular flexibility index (Phi) is 4.76. The van der Waals surface area contributed by atoms with Crippen LogP contribution in [0.1, 0.15) is 60.7 Å². The van der Waals surface area contributed by atoms with Crippen LogP contribution < -0.4 is 5.56 Å². The Balaban J connectivity index is 1.56. The van der Waals surface area contributed by atoms with Crippen molar-refractivity contribution in [3.63, 3.8) is 0 Å². The highest BCUT2D eigenvalue weighted by Crippen LogP contribution is 2.31. The zero-order valence-electron chi connectivity index (χ0n) is 14.8. The topological polar surface area (TPSA) is 69.2 Å². The van der Waals surface area contributed by atoms with E-state index in [1.807, 2.05) is 0 Å². The highest BCUT2D eigenvalue weighted by Gasteiger charge is 2.25. The minimum absolute atomic E-state index is 0.0103. The number of phenolic OH excluding ortho intramolecular Hbond substituents is 1. The third-order valence-corrected chi connectivity index (χ3v) is 5.63. The molecule has 1 aliphatic carbocycles. The first-order chi connectivity index (χ1) is 12.6. The van der Waals surface area contributed by atoms with Gasteiger partial charge in [-0.2, -0.15) is 0 Å². The second-order valence-electron chi connectivity index (χ2n) is 7.42. The maximum Gasteiger partial charge on any atom is 0.254 e. The van der Waals surface area contributed by atoms with Crippen LogP contribution in [0, 0.1) is 5.82 Å². The molecule has 0 atom stereocenters. The number of para-hydroxylation sites is 1. The fourth-order valence-electron chi connectivity index (χ4n) is 4.15. The molecule has 4 rings (SSSR count). The predicted molar refractivity (Wildman–Crippen MR) is 96.6 cm³/mol. The Labute approximate surface area is 151 Å². The first kappa shape index (κ1) is 17.2. The maximum atomic E-state index is 13.6. The molecule has 2 heterocycles. The number of hydrogen-bond donors (Lipinski definition) is 2. The molecule has 2 N–H and O–H groups in total. The van der Waals surface area contributed by atoms with Crippen LogP contribution in [0.2, 0.25) is 0 Å². The average molecular weight is 357 g/mol. The minimum atomic E-state index is -0.603. The van der Waals surface area contributed by atoms with E-state index < -0.39 is 5.82 Å². The van der Waals surface area contributed by atoms with Crippen LogP contribution in [0.5, 0.6) is 5.75 Å². The molecule has 1 saturated carbocycles. The lowest BCUT2D eigenvalue weighted by Crippen LogP contribution is -2.35. The Morgan fingerprint density at radius 1 is 1.27 bits per heavy atom. The van der Waals surface area contributed by atoms with Gasteiger partial charge >= 0.3 is 0 Å². The zero-order valence-corrected chi connectivity index (χ0v) is 14.8. The number of phenols is 1. The molecule has 6 heteroatoms. The summed E-state index contributed by atoms with van der Waals surface area (Å²) in [6, 6.07) is 4.58. The molecule has 1 aromatic carbocycles. The van der Waals surface area contributed by atoms with Gasteiger partial charge in [0.15, 0.2) is 11.6 Å². The minimum Gasteiger partial charge on any atom is -0.505 e. The summed E-state index contributed by atoms with van der Waals surface area (Å²) in [4.78, 5) is 22.4. The molecule has 0 spiro atoms. The number of hydrogen-bond acceptors (Lipinski definition) is 4. The van der Waals surface area contributed by atoms with Crippen LogP contribution in [0.3, 0.4) is 0 Å². The summed E-state index contributed by atoms with van der Waals surface area (Å²) < 4.78 is 13.6. The molecule has 138 valence electrons. The largest absolute Gasteiger partial charge is 0.505 e. The summed E-state index contributed by atoms with van der Waals surface area (Å²) in [6.45, 7) is 1.68. The molecule has 0 unspecified atom stereocenters. The van der Waals surface area contributed by atoms with Crippen molar-refractivity contribution in [3.05, 3.63) is 57.0 Å². The van der Waals surface area contributed by atoms with Gasteiger partial charge in [0.2, 0.25) is 0 Å². The fourth-order valence-corrected chi connectivity index (χ4v) is 4.15. The molecule has 2 aromatic rings. The van der Waals surface area contributed by atoms with Crippen LogP contribution in [-0.2, 0) is 19.5 Å². The number of fused-ring (bicyclic) bond motifs is 1. The number of nitrogens with zero attached hydrogens (tertiary/aromatic N) is 2. The standard InChI is InChI=1S/C20H24FN3O2/c21-16-8-4-7-14(18(16)25)11-24-10-9-15-17(12-24)22-19(23-20(15)26)13-5-2-1-3-6-13/h4,7-8,13,25H,1-3,5-6,9-12H2,(H,22,23,26). The summed E-state index contributed by atoms with van der Waals surface area (Å²) in [6.07, 6.45) is 6.44. The lowest BCUT2D eigenvalue weighted by molar-refractivity contribution is 0.235. The Hall–Kier alpha value is -2.21. The molecule has 0 amide bonds. The molecule has 0 saturated heterocycles. The predicted octanol–water partition coefficient (Wildman–Crippen LogP) is 3.22. The number of H-pyrrole nitrogens is 1. The molecule has 1 aliphatic heterocycles. The van der Waals surface area contributed by atoms with Crippen molar-refractivity contribution in [3.8, 4) is 5.75 Å². The molecule has 2 aliphatic rings. The smallest absolute Gasteiger partial charge is 0.254 e. The summed E-state index contributed by atoms with van der Waals surface area (Å²) in [7, 11) is 0. The highest BCUT2D eigenvalue weighted by atomic mass is 19.1. The number of aromatic hydroxyl groups is 1. The van der Waals surface area contributed by atoms with Gasteiger partial charge in [0.1, 0.15) is 5.82 Å². The Morgan fingerprint density at radius 2 is 2.08 bits per heavy atom. The first-order valence-electron chi connectivity index (χ1n) is 9.42. The number of aromatic nitrogens is 2. The Morgan fingerprint density at radius 3 is 2.88 bits per heavy atom. The van der Waals surface area contributed by atoms with Crippen LogP contribution in [0.25, 0.3) is 0 Å². The molecule has 5 nitrogen and oxygen atoms in total. The summed E-state index contributed by atoms with van der Waals surface area (Å²) in [5, 5.41) is 9.91. The van der Waals surface area contributed by atoms with Crippen molar-refractivity contribution in [2.24, 2.45) is 0 Å². The van der Waals surface area contributed by atoms with Crippen LogP contribution in [0.15, 0.2) is 23.0 Å². The first-order valence-corrected chi connectivity index (χ1v) is 9.42. The second-order valence-corrected chi connectivity index (χ2v) is 7.42. The zero-order chi connectivity index (χ0) is 18.1. The fraction of sp³-hybridized carbons (Fsp3) is 0.500. The molecule has 1 aromatic heterocycles. The monoisotopic (exact) mass is 357 g/mol. The van der Waals surface area contributed by atoms with Crippen LogP contribution in [-0.4, -0.2) is 26.5 Å². The van der Waals surface area contributed by atoms with Crippen LogP contribution in [0.4, 0.5) is 4.39 Å². The lowest BCUT2D eigenvalue weighted by Gasteiger charge is -2.29. The molecule has 0 bridgehead atoms. The van der Waals surface area contributed by atoms with Gasteiger partial charge in [-0.05, 0) is 25.3 Å². The van der Waals surface area contributed by atoms with Crippen molar-refractivity contribution in [1.29, 1.82) is 0 Å². The van der Waals surface area contributed by atoms with Gasteiger partial charge in [-0.15, -0.1) is 0 Å². The van der Waals surface area contributed by atoms with Gasteiger partial charge in [-0.1, -0.05) is 31.4 Å². The molecule has 26 heavy (non-hydrogen) atoms. The number of aromatic amines is 1. The number of nitrogens with one attached hydrogen (secondary N) is 1. The molecular formula is C20H24FN3O2. The second kappa shape index (κ2) is 7.19. The van der Waals surface area contributed by atoms with E-state index in [0.29, 0.717) is 37.5 Å². The summed E-state index contributed by atoms with van der Waals surface area (Å²) in [5.74, 6) is 0.280. The van der Waals surface area contributed by atoms with Crippen molar-refractivity contribution in [2.45, 2.75) is 57.5 Å². The van der Waals surface area contributed by atoms with Gasteiger partial charge in [-0.3, -0.25) is 9.69 Å². The van der Waals surface area contributed by atoms with E-state index in [1.54, 1.807) is 12.1 Å². The molecular weight excluding hydrogens is 333 g/mol. The van der Waals surface area contributed by atoms with Crippen molar-refractivity contribution in [1.82, 2.24) is 14.9 Å². The summed E-state index contributed by atoms with van der Waals surface area (Å²) in [5.41, 5.74) is 2.15. The van der Waals surface area contributed by atoms with E-state index in [-0.39, 0.29) is 11.3 Å². The van der Waals surface area contributed by atoms with Gasteiger partial charge in [-0.25, -0.2) is 9.37 Å². The Bertz CT molecular complexity index is 859. The van der Waals surface area contributed by atoms with E-state index >= 15 is 0 Å². The van der Waals surface area contributed by atoms with E-state index in [2.05, 4.69) is 9.88 Å². The van der Waals surface area contributed by atoms with Gasteiger partial charge < -0.3 is 10.1 Å². The van der Waals surface area contributed by atoms with E-state index in [1.165, 1.54) is 25.3 Å². The number of halogens is 1. The third-order valence-electron chi connectivity index (χ3n) is 5.63. The average Bonchev–Trinajstić information content (AvgIpc) is 2.66. The quantitative estimate of drug-likeness (QED) is 0.885. The van der Waals surface area contributed by atoms with Gasteiger partial charge in [0.25, 0.3) is 5.56 Å². The SMILES string of the molecule is O=c1[nH]c(C2CCCCC2)nc2c1CCN(Cc1cccc(F)c1O)C2. The van der Waals surface area contributed by atoms with Gasteiger partial charge in [0, 0.05) is 36.7 Å². The normalized spacial score (nSPS) is 18.7. The number of rotatable bonds is 3. The third kappa shape index (κ3) is 3.38. The molecule has 0 radical (unpaired) electrons. The van der Waals surface area contributed by atoms with E-state index in [4.69, 9.17) is 4.98 Å². The maximum absolute atomic E-state index is 13.6.